The maximum Gasteiger partial charge on any atom is 0.104 e. The van der Waals surface area contributed by atoms with Gasteiger partial charge in [0.15, 0.2) is 0 Å². The van der Waals surface area contributed by atoms with E-state index in [1.54, 1.807) is 0 Å². The lowest BCUT2D eigenvalue weighted by atomic mass is 9.88. The maximum atomic E-state index is 6.58. The van der Waals surface area contributed by atoms with Crippen molar-refractivity contribution < 1.29 is 18.9 Å². The lowest BCUT2D eigenvalue weighted by Crippen LogP contribution is -2.41. The quantitative estimate of drug-likeness (QED) is 0.477. The van der Waals surface area contributed by atoms with E-state index < -0.39 is 0 Å². The van der Waals surface area contributed by atoms with E-state index >= 15 is 0 Å². The highest BCUT2D eigenvalue weighted by atomic mass is 16.6. The molecule has 0 saturated carbocycles. The van der Waals surface area contributed by atoms with Gasteiger partial charge in [-0.2, -0.15) is 0 Å². The number of epoxide rings is 2. The minimum Gasteiger partial charge on any atom is -0.373 e. The van der Waals surface area contributed by atoms with Gasteiger partial charge in [-0.05, 0) is 32.6 Å². The van der Waals surface area contributed by atoms with Gasteiger partial charge in [0, 0.05) is 12.8 Å². The average molecular weight is 328 g/mol. The monoisotopic (exact) mass is 328 g/mol. The Bertz CT molecular complexity index is 341. The summed E-state index contributed by atoms with van der Waals surface area (Å²) in [5.41, 5.74) is -0.137. The van der Waals surface area contributed by atoms with Crippen LogP contribution in [-0.4, -0.2) is 49.3 Å². The molecule has 0 amide bonds. The van der Waals surface area contributed by atoms with Crippen LogP contribution in [0.4, 0.5) is 0 Å². The molecule has 4 nitrogen and oxygen atoms in total. The Morgan fingerprint density at radius 2 is 1.43 bits per heavy atom. The molecule has 2 aliphatic heterocycles. The molecule has 4 heteroatoms. The maximum absolute atomic E-state index is 6.58. The van der Waals surface area contributed by atoms with Gasteiger partial charge >= 0.3 is 0 Å². The molecule has 3 atom stereocenters. The predicted octanol–water partition coefficient (Wildman–Crippen LogP) is 4.10. The summed E-state index contributed by atoms with van der Waals surface area (Å²) in [6.45, 7) is 13.6. The van der Waals surface area contributed by atoms with Crippen molar-refractivity contribution >= 4 is 0 Å². The molecule has 2 aliphatic rings. The molecule has 0 spiro atoms. The summed E-state index contributed by atoms with van der Waals surface area (Å²) >= 11 is 0. The van der Waals surface area contributed by atoms with Crippen molar-refractivity contribution in [1.29, 1.82) is 0 Å². The summed E-state index contributed by atoms with van der Waals surface area (Å²) in [7, 11) is 0. The van der Waals surface area contributed by atoms with Crippen LogP contribution in [0.2, 0.25) is 0 Å². The normalized spacial score (nSPS) is 25.4. The Morgan fingerprint density at radius 1 is 0.913 bits per heavy atom. The van der Waals surface area contributed by atoms with E-state index in [0.29, 0.717) is 12.2 Å². The van der Waals surface area contributed by atoms with Crippen LogP contribution in [0.25, 0.3) is 0 Å². The molecule has 2 fully saturated rings. The minimum absolute atomic E-state index is 0.0482. The topological polar surface area (TPSA) is 43.5 Å². The average Bonchev–Trinajstić information content (AvgIpc) is 3.46. The first-order valence-electron chi connectivity index (χ1n) is 9.55. The third-order valence-corrected chi connectivity index (χ3v) is 5.67. The van der Waals surface area contributed by atoms with E-state index in [1.165, 1.54) is 0 Å². The molecule has 0 aromatic carbocycles. The second-order valence-electron chi connectivity index (χ2n) is 7.34. The van der Waals surface area contributed by atoms with Crippen molar-refractivity contribution in [2.75, 3.05) is 19.8 Å². The van der Waals surface area contributed by atoms with Crippen LogP contribution in [0.1, 0.15) is 73.1 Å². The number of hydrogen-bond acceptors (Lipinski definition) is 4. The molecule has 0 aliphatic carbocycles. The molecular weight excluding hydrogens is 292 g/mol. The van der Waals surface area contributed by atoms with Crippen molar-refractivity contribution in [3.63, 3.8) is 0 Å². The van der Waals surface area contributed by atoms with E-state index in [4.69, 9.17) is 18.9 Å². The molecule has 2 heterocycles. The highest BCUT2D eigenvalue weighted by Crippen LogP contribution is 2.36. The molecule has 0 bridgehead atoms. The van der Waals surface area contributed by atoms with Crippen LogP contribution in [-0.2, 0) is 18.9 Å². The smallest absolute Gasteiger partial charge is 0.104 e. The van der Waals surface area contributed by atoms with Gasteiger partial charge in [-0.3, -0.25) is 0 Å². The molecule has 23 heavy (non-hydrogen) atoms. The van der Waals surface area contributed by atoms with Crippen molar-refractivity contribution in [2.45, 2.75) is 103 Å². The van der Waals surface area contributed by atoms with Gasteiger partial charge in [-0.25, -0.2) is 0 Å². The van der Waals surface area contributed by atoms with Crippen molar-refractivity contribution in [3.05, 3.63) is 0 Å². The van der Waals surface area contributed by atoms with Gasteiger partial charge in [0.05, 0.1) is 43.2 Å². The third-order valence-electron chi connectivity index (χ3n) is 5.67. The highest BCUT2D eigenvalue weighted by Gasteiger charge is 2.39. The molecule has 0 aromatic rings. The van der Waals surface area contributed by atoms with Crippen LogP contribution in [0.3, 0.4) is 0 Å². The van der Waals surface area contributed by atoms with Crippen LogP contribution < -0.4 is 0 Å². The van der Waals surface area contributed by atoms with Crippen molar-refractivity contribution in [3.8, 4) is 0 Å². The molecule has 136 valence electrons. The van der Waals surface area contributed by atoms with Gasteiger partial charge in [-0.1, -0.05) is 27.7 Å². The fourth-order valence-electron chi connectivity index (χ4n) is 3.58. The summed E-state index contributed by atoms with van der Waals surface area (Å²) in [5.74, 6) is 0. The molecular formula is C19H36O4. The van der Waals surface area contributed by atoms with E-state index in [1.807, 2.05) is 0 Å². The fraction of sp³-hybridized carbons (Fsp3) is 1.00. The summed E-state index contributed by atoms with van der Waals surface area (Å²) in [6, 6.07) is 0. The lowest BCUT2D eigenvalue weighted by molar-refractivity contribution is -0.141. The summed E-state index contributed by atoms with van der Waals surface area (Å²) in [6.07, 6.45) is 6.99. The van der Waals surface area contributed by atoms with E-state index in [-0.39, 0.29) is 17.3 Å². The molecule has 2 rings (SSSR count). The Balaban J connectivity index is 1.91. The van der Waals surface area contributed by atoms with Crippen LogP contribution >= 0.6 is 0 Å². The number of rotatable bonds is 13. The summed E-state index contributed by atoms with van der Waals surface area (Å²) in [5, 5.41) is 0. The Morgan fingerprint density at radius 3 is 1.87 bits per heavy atom. The third kappa shape index (κ3) is 5.70. The fourth-order valence-corrected chi connectivity index (χ4v) is 3.58. The van der Waals surface area contributed by atoms with Crippen LogP contribution in [0.5, 0.6) is 0 Å². The van der Waals surface area contributed by atoms with Gasteiger partial charge in [0.1, 0.15) is 6.10 Å². The van der Waals surface area contributed by atoms with Gasteiger partial charge in [0.2, 0.25) is 0 Å². The molecule has 0 radical (unpaired) electrons. The van der Waals surface area contributed by atoms with Crippen LogP contribution in [0.15, 0.2) is 0 Å². The second kappa shape index (κ2) is 8.28. The predicted molar refractivity (Wildman–Crippen MR) is 91.8 cm³/mol. The molecule has 2 saturated heterocycles. The second-order valence-corrected chi connectivity index (χ2v) is 7.34. The van der Waals surface area contributed by atoms with E-state index in [0.717, 1.165) is 58.3 Å². The van der Waals surface area contributed by atoms with Crippen molar-refractivity contribution in [2.24, 2.45) is 0 Å². The van der Waals surface area contributed by atoms with Gasteiger partial charge < -0.3 is 18.9 Å². The minimum atomic E-state index is -0.0886. The zero-order chi connectivity index (χ0) is 16.9. The molecule has 0 aromatic heterocycles. The molecule has 3 unspecified atom stereocenters. The Kier molecular flexibility index (Phi) is 6.90. The zero-order valence-electron chi connectivity index (χ0n) is 15.7. The van der Waals surface area contributed by atoms with Crippen molar-refractivity contribution in [1.82, 2.24) is 0 Å². The SMILES string of the molecule is CCC(CC)(CC(C)OC(CC)(CC)CC1CO1)OCC1CO1. The number of ether oxygens (including phenoxy) is 4. The largest absolute Gasteiger partial charge is 0.373 e. The van der Waals surface area contributed by atoms with Crippen LogP contribution in [0, 0.1) is 0 Å². The standard InChI is InChI=1S/C19H36O4/c1-6-18(7-2,22-14-17-13-21-17)10-15(5)23-19(8-3,9-4)11-16-12-20-16/h15-17H,6-14H2,1-5H3. The van der Waals surface area contributed by atoms with E-state index in [9.17, 15) is 0 Å². The first kappa shape index (κ1) is 19.2. The summed E-state index contributed by atoms with van der Waals surface area (Å²) < 4.78 is 23.6. The highest BCUT2D eigenvalue weighted by molar-refractivity contribution is 4.89. The lowest BCUT2D eigenvalue weighted by Gasteiger charge is -2.39. The summed E-state index contributed by atoms with van der Waals surface area (Å²) in [4.78, 5) is 0. The first-order chi connectivity index (χ1) is 11.0. The number of hydrogen-bond donors (Lipinski definition) is 0. The van der Waals surface area contributed by atoms with E-state index in [2.05, 4.69) is 34.6 Å². The Labute approximate surface area is 142 Å². The van der Waals surface area contributed by atoms with Gasteiger partial charge in [0.25, 0.3) is 0 Å². The Hall–Kier alpha value is -0.160. The molecule has 0 N–H and O–H groups in total. The first-order valence-corrected chi connectivity index (χ1v) is 9.55. The van der Waals surface area contributed by atoms with Gasteiger partial charge in [-0.15, -0.1) is 0 Å². The zero-order valence-corrected chi connectivity index (χ0v) is 15.7.